The van der Waals surface area contributed by atoms with E-state index in [1.807, 2.05) is 18.2 Å². The van der Waals surface area contributed by atoms with Crippen molar-refractivity contribution in [2.45, 2.75) is 0 Å². The largest absolute Gasteiger partial charge is 0.854 e. The molecule has 0 saturated heterocycles. The molecule has 4 nitrogen and oxygen atoms in total. The lowest BCUT2D eigenvalue weighted by Gasteiger charge is -2.05. The van der Waals surface area contributed by atoms with E-state index in [1.54, 1.807) is 36.9 Å². The lowest BCUT2D eigenvalue weighted by Crippen LogP contribution is -2.33. The second kappa shape index (κ2) is 4.32. The first kappa shape index (κ1) is 9.33. The van der Waals surface area contributed by atoms with Crippen molar-refractivity contribution in [1.82, 2.24) is 4.98 Å². The Bertz CT molecular complexity index is 454. The molecule has 0 spiro atoms. The lowest BCUT2D eigenvalue weighted by molar-refractivity contribution is -0.681. The van der Waals surface area contributed by atoms with Crippen LogP contribution in [0.3, 0.4) is 0 Å². The van der Waals surface area contributed by atoms with E-state index in [1.165, 1.54) is 4.68 Å². The summed E-state index contributed by atoms with van der Waals surface area (Å²) in [5, 5.41) is 15.5. The number of nitrogens with zero attached hydrogens (tertiary/aromatic N) is 3. The molecule has 2 aromatic rings. The van der Waals surface area contributed by atoms with Crippen LogP contribution in [0.4, 0.5) is 0 Å². The Kier molecular flexibility index (Phi) is 2.69. The van der Waals surface area contributed by atoms with Gasteiger partial charge >= 0.3 is 0 Å². The number of aromatic nitrogens is 2. The van der Waals surface area contributed by atoms with Crippen molar-refractivity contribution < 1.29 is 9.78 Å². The molecule has 0 atom stereocenters. The third-order valence-corrected chi connectivity index (χ3v) is 1.83. The van der Waals surface area contributed by atoms with Gasteiger partial charge in [0, 0.05) is 24.5 Å². The highest BCUT2D eigenvalue weighted by molar-refractivity contribution is 5.89. The van der Waals surface area contributed by atoms with Crippen molar-refractivity contribution in [3.8, 4) is 0 Å². The minimum Gasteiger partial charge on any atom is -0.854 e. The molecule has 15 heavy (non-hydrogen) atoms. The van der Waals surface area contributed by atoms with Gasteiger partial charge in [0.05, 0.1) is 5.90 Å². The fourth-order valence-electron chi connectivity index (χ4n) is 1.11. The van der Waals surface area contributed by atoms with E-state index in [4.69, 9.17) is 0 Å². The van der Waals surface area contributed by atoms with Crippen molar-refractivity contribution in [2.75, 3.05) is 0 Å². The third kappa shape index (κ3) is 2.37. The van der Waals surface area contributed by atoms with Gasteiger partial charge in [-0.25, -0.2) is 0 Å². The van der Waals surface area contributed by atoms with Crippen LogP contribution in [0.2, 0.25) is 0 Å². The van der Waals surface area contributed by atoms with Crippen LogP contribution in [0.15, 0.2) is 60.2 Å². The van der Waals surface area contributed by atoms with E-state index in [0.29, 0.717) is 5.56 Å². The second-order valence-electron chi connectivity index (χ2n) is 2.90. The molecule has 4 heteroatoms. The fourth-order valence-corrected chi connectivity index (χ4v) is 1.11. The smallest absolute Gasteiger partial charge is 0.202 e. The summed E-state index contributed by atoms with van der Waals surface area (Å²) in [7, 11) is 0. The maximum Gasteiger partial charge on any atom is 0.202 e. The maximum absolute atomic E-state index is 11.6. The first-order chi connectivity index (χ1) is 7.36. The summed E-state index contributed by atoms with van der Waals surface area (Å²) in [5.41, 5.74) is 0.529. The van der Waals surface area contributed by atoms with Gasteiger partial charge in [0.1, 0.15) is 0 Å². The number of pyridine rings is 2. The van der Waals surface area contributed by atoms with Crippen molar-refractivity contribution in [3.05, 3.63) is 60.7 Å². The highest BCUT2D eigenvalue weighted by Gasteiger charge is 1.96. The topological polar surface area (TPSA) is 52.2 Å². The third-order valence-electron chi connectivity index (χ3n) is 1.83. The summed E-state index contributed by atoms with van der Waals surface area (Å²) in [6.45, 7) is 0. The van der Waals surface area contributed by atoms with Crippen molar-refractivity contribution >= 4 is 5.90 Å². The van der Waals surface area contributed by atoms with Gasteiger partial charge in [-0.05, 0) is 22.8 Å². The van der Waals surface area contributed by atoms with Crippen LogP contribution in [-0.2, 0) is 0 Å². The zero-order chi connectivity index (χ0) is 10.5. The molecular weight excluding hydrogens is 190 g/mol. The molecule has 0 N–H and O–H groups in total. The SMILES string of the molecule is [O-]C(=N[n+]1ccccc1)c1ccncc1. The molecule has 0 bridgehead atoms. The van der Waals surface area contributed by atoms with Gasteiger partial charge in [0.25, 0.3) is 0 Å². The molecule has 74 valence electrons. The van der Waals surface area contributed by atoms with Crippen LogP contribution >= 0.6 is 0 Å². The lowest BCUT2D eigenvalue weighted by atomic mass is 10.3. The molecule has 2 heterocycles. The van der Waals surface area contributed by atoms with Gasteiger partial charge in [0.2, 0.25) is 12.4 Å². The Hall–Kier alpha value is -2.23. The summed E-state index contributed by atoms with van der Waals surface area (Å²) >= 11 is 0. The number of rotatable bonds is 2. The molecule has 0 aliphatic heterocycles. The van der Waals surface area contributed by atoms with Crippen LogP contribution < -0.4 is 9.78 Å². The van der Waals surface area contributed by atoms with Crippen LogP contribution in [-0.4, -0.2) is 10.9 Å². The molecule has 0 saturated carbocycles. The van der Waals surface area contributed by atoms with E-state index < -0.39 is 0 Å². The Balaban J connectivity index is 2.29. The Morgan fingerprint density at radius 2 is 1.80 bits per heavy atom. The monoisotopic (exact) mass is 199 g/mol. The second-order valence-corrected chi connectivity index (χ2v) is 2.90. The molecule has 0 aromatic carbocycles. The van der Waals surface area contributed by atoms with E-state index in [2.05, 4.69) is 10.1 Å². The Morgan fingerprint density at radius 1 is 1.13 bits per heavy atom. The van der Waals surface area contributed by atoms with E-state index in [-0.39, 0.29) is 5.90 Å². The zero-order valence-electron chi connectivity index (χ0n) is 7.95. The highest BCUT2D eigenvalue weighted by atomic mass is 16.3. The number of hydrogen-bond donors (Lipinski definition) is 0. The first-order valence-electron chi connectivity index (χ1n) is 4.49. The van der Waals surface area contributed by atoms with Crippen LogP contribution in [0.5, 0.6) is 0 Å². The fraction of sp³-hybridized carbons (Fsp3) is 0. The van der Waals surface area contributed by atoms with Crippen molar-refractivity contribution in [3.63, 3.8) is 0 Å². The molecule has 0 aliphatic rings. The van der Waals surface area contributed by atoms with E-state index in [0.717, 1.165) is 0 Å². The first-order valence-corrected chi connectivity index (χ1v) is 4.49. The standard InChI is InChI=1S/C11H9N3O/c15-11(10-4-6-12-7-5-10)13-14-8-2-1-3-9-14/h1-9H. The Labute approximate surface area is 87.2 Å². The van der Waals surface area contributed by atoms with Crippen LogP contribution in [0.1, 0.15) is 5.56 Å². The zero-order valence-corrected chi connectivity index (χ0v) is 7.95. The summed E-state index contributed by atoms with van der Waals surface area (Å²) in [6.07, 6.45) is 6.55. The average molecular weight is 199 g/mol. The van der Waals surface area contributed by atoms with Gasteiger partial charge in [-0.15, -0.1) is 0 Å². The van der Waals surface area contributed by atoms with E-state index in [9.17, 15) is 5.11 Å². The maximum atomic E-state index is 11.6. The van der Waals surface area contributed by atoms with Gasteiger partial charge in [-0.2, -0.15) is 0 Å². The molecule has 0 amide bonds. The van der Waals surface area contributed by atoms with Crippen LogP contribution in [0.25, 0.3) is 0 Å². The summed E-state index contributed by atoms with van der Waals surface area (Å²) < 4.78 is 1.47. The normalized spacial score (nSPS) is 11.3. The van der Waals surface area contributed by atoms with Gasteiger partial charge in [-0.3, -0.25) is 4.98 Å². The van der Waals surface area contributed by atoms with Gasteiger partial charge in [0.15, 0.2) is 0 Å². The summed E-state index contributed by atoms with van der Waals surface area (Å²) in [5.74, 6) is -0.284. The van der Waals surface area contributed by atoms with Crippen molar-refractivity contribution in [1.29, 1.82) is 0 Å². The summed E-state index contributed by atoms with van der Waals surface area (Å²) in [6, 6.07) is 8.75. The summed E-state index contributed by atoms with van der Waals surface area (Å²) in [4.78, 5) is 3.83. The average Bonchev–Trinajstić information content (AvgIpc) is 2.31. The van der Waals surface area contributed by atoms with E-state index >= 15 is 0 Å². The minimum atomic E-state index is -0.284. The molecule has 2 aromatic heterocycles. The quantitative estimate of drug-likeness (QED) is 0.386. The van der Waals surface area contributed by atoms with Gasteiger partial charge in [-0.1, -0.05) is 10.7 Å². The molecule has 0 fully saturated rings. The molecule has 0 radical (unpaired) electrons. The molecule has 0 aliphatic carbocycles. The predicted molar refractivity (Wildman–Crippen MR) is 52.8 cm³/mol. The number of hydrogen-bond acceptors (Lipinski definition) is 3. The highest BCUT2D eigenvalue weighted by Crippen LogP contribution is 1.93. The van der Waals surface area contributed by atoms with Crippen molar-refractivity contribution in [2.24, 2.45) is 5.10 Å². The predicted octanol–water partition coefficient (Wildman–Crippen LogP) is -0.0607. The van der Waals surface area contributed by atoms with Gasteiger partial charge < -0.3 is 5.11 Å². The van der Waals surface area contributed by atoms with Crippen LogP contribution in [0, 0.1) is 0 Å². The minimum absolute atomic E-state index is 0.284. The molecular formula is C11H9N3O. The molecule has 2 rings (SSSR count). The Morgan fingerprint density at radius 3 is 2.47 bits per heavy atom. The molecule has 0 unspecified atom stereocenters.